The highest BCUT2D eigenvalue weighted by Gasteiger charge is 2.43. The fraction of sp³-hybridized carbons (Fsp3) is 0.571. The average Bonchev–Trinajstić information content (AvgIpc) is 3.20. The Morgan fingerprint density at radius 3 is 2.00 bits per heavy atom. The van der Waals surface area contributed by atoms with Gasteiger partial charge in [0.1, 0.15) is 17.7 Å². The summed E-state index contributed by atoms with van der Waals surface area (Å²) in [6.45, 7) is 18.7. The van der Waals surface area contributed by atoms with Crippen LogP contribution in [0.2, 0.25) is 36.3 Å². The third-order valence-corrected chi connectivity index (χ3v) is 16.3. The van der Waals surface area contributed by atoms with Crippen molar-refractivity contribution in [1.82, 2.24) is 19.5 Å². The lowest BCUT2D eigenvalue weighted by Crippen LogP contribution is -2.42. The van der Waals surface area contributed by atoms with Gasteiger partial charge in [0.25, 0.3) is 0 Å². The number of nitrogens with two attached hydrogens (primary N) is 1. The highest BCUT2D eigenvalue weighted by Crippen LogP contribution is 2.47. The van der Waals surface area contributed by atoms with Gasteiger partial charge >= 0.3 is 0 Å². The minimum atomic E-state index is -2.43. The smallest absolute Gasteiger partial charge is 0.213 e. The van der Waals surface area contributed by atoms with Crippen molar-refractivity contribution in [3.8, 4) is 0 Å². The van der Waals surface area contributed by atoms with E-state index in [0.717, 1.165) is 25.7 Å². The largest absolute Gasteiger partial charge is 0.432 e. The van der Waals surface area contributed by atoms with Gasteiger partial charge in [-0.2, -0.15) is 0 Å². The van der Waals surface area contributed by atoms with Crippen LogP contribution in [-0.4, -0.2) is 51.5 Å². The van der Waals surface area contributed by atoms with E-state index in [4.69, 9.17) is 5.73 Å². The number of rotatable bonds is 11. The van der Waals surface area contributed by atoms with E-state index >= 15 is 0 Å². The first-order valence-corrected chi connectivity index (χ1v) is 19.2. The number of nitrogens with zero attached hydrogens (tertiary/aromatic N) is 4. The van der Waals surface area contributed by atoms with Gasteiger partial charge in [0.15, 0.2) is 16.6 Å². The summed E-state index contributed by atoms with van der Waals surface area (Å²) >= 11 is 0. The number of nitrogen functional groups attached to an aromatic ring is 1. The summed E-state index contributed by atoms with van der Waals surface area (Å²) in [6, 6.07) is 3.24. The van der Waals surface area contributed by atoms with Crippen LogP contribution in [0.3, 0.4) is 0 Å². The zero-order valence-electron chi connectivity index (χ0n) is 24.5. The predicted octanol–water partition coefficient (Wildman–Crippen LogP) is 5.87. The maximum atomic E-state index is 13.6. The van der Waals surface area contributed by atoms with E-state index in [-0.39, 0.29) is 21.6 Å². The Kier molecular flexibility index (Phi) is 8.16. The first kappa shape index (κ1) is 30.1. The number of carbonyl (C=O) groups is 1. The van der Waals surface area contributed by atoms with Gasteiger partial charge in [-0.15, -0.1) is 0 Å². The van der Waals surface area contributed by atoms with Crippen molar-refractivity contribution in [2.24, 2.45) is 0 Å². The standard InChI is InChI=1S/C28H45N5O3Si2/c1-26(2,37(6,7)35)11-13-28(5,14-12-27(3,4)38(8,9)36)33-18-22(21-17-30-19-32-25(21)33)24(34)23-16-20(29)10-15-31-23/h10,15-19,35-36H,11-14H2,1-9H3,(H2,29,31). The molecule has 38 heavy (non-hydrogen) atoms. The number of aromatic nitrogens is 4. The van der Waals surface area contributed by atoms with Crippen molar-refractivity contribution in [1.29, 1.82) is 0 Å². The number of hydrogen-bond donors (Lipinski definition) is 3. The van der Waals surface area contributed by atoms with Crippen molar-refractivity contribution in [2.75, 3.05) is 5.73 Å². The molecule has 0 aliphatic heterocycles. The van der Waals surface area contributed by atoms with Gasteiger partial charge < -0.3 is 19.9 Å². The normalized spacial score (nSPS) is 13.8. The maximum Gasteiger partial charge on any atom is 0.213 e. The third-order valence-electron chi connectivity index (χ3n) is 9.20. The van der Waals surface area contributed by atoms with Gasteiger partial charge in [-0.25, -0.2) is 9.97 Å². The summed E-state index contributed by atoms with van der Waals surface area (Å²) in [4.78, 5) is 48.7. The number of ketones is 1. The number of anilines is 1. The molecule has 0 atom stereocenters. The van der Waals surface area contributed by atoms with Crippen molar-refractivity contribution in [3.05, 3.63) is 48.3 Å². The molecule has 0 saturated heterocycles. The van der Waals surface area contributed by atoms with Gasteiger partial charge in [-0.3, -0.25) is 9.78 Å². The van der Waals surface area contributed by atoms with Crippen LogP contribution in [0.5, 0.6) is 0 Å². The zero-order valence-corrected chi connectivity index (χ0v) is 26.5. The van der Waals surface area contributed by atoms with Crippen LogP contribution in [0.1, 0.15) is 76.4 Å². The minimum Gasteiger partial charge on any atom is -0.432 e. The fourth-order valence-electron chi connectivity index (χ4n) is 4.41. The van der Waals surface area contributed by atoms with Crippen LogP contribution in [0.25, 0.3) is 11.0 Å². The van der Waals surface area contributed by atoms with E-state index in [2.05, 4.69) is 54.1 Å². The number of fused-ring (bicyclic) bond motifs is 1. The molecule has 8 nitrogen and oxygen atoms in total. The molecule has 0 bridgehead atoms. The molecule has 0 radical (unpaired) electrons. The molecule has 3 aromatic rings. The summed E-state index contributed by atoms with van der Waals surface area (Å²) in [5.41, 5.74) is 7.43. The minimum absolute atomic E-state index is 0.211. The van der Waals surface area contributed by atoms with Gasteiger partial charge in [-0.1, -0.05) is 27.7 Å². The number of pyridine rings is 1. The molecule has 208 valence electrons. The van der Waals surface area contributed by atoms with Gasteiger partial charge in [0, 0.05) is 35.2 Å². The predicted molar refractivity (Wildman–Crippen MR) is 159 cm³/mol. The number of hydrogen-bond acceptors (Lipinski definition) is 7. The molecule has 4 N–H and O–H groups in total. The van der Waals surface area contributed by atoms with Gasteiger partial charge in [0.2, 0.25) is 5.78 Å². The first-order valence-electron chi connectivity index (χ1n) is 13.3. The summed E-state index contributed by atoms with van der Waals surface area (Å²) in [7, 11) is -4.87. The average molecular weight is 556 g/mol. The zero-order chi connectivity index (χ0) is 28.7. The lowest BCUT2D eigenvalue weighted by Gasteiger charge is -2.42. The second-order valence-electron chi connectivity index (χ2n) is 13.4. The van der Waals surface area contributed by atoms with E-state index in [0.29, 0.717) is 22.3 Å². The second-order valence-corrected chi connectivity index (χ2v) is 22.3. The van der Waals surface area contributed by atoms with Crippen LogP contribution < -0.4 is 5.73 Å². The quantitative estimate of drug-likeness (QED) is 0.199. The monoisotopic (exact) mass is 555 g/mol. The summed E-state index contributed by atoms with van der Waals surface area (Å²) in [5, 5.41) is 0.244. The summed E-state index contributed by atoms with van der Waals surface area (Å²) < 4.78 is 2.12. The lowest BCUT2D eigenvalue weighted by molar-refractivity contribution is 0.103. The van der Waals surface area contributed by atoms with Crippen LogP contribution in [0.4, 0.5) is 5.69 Å². The summed E-state index contributed by atoms with van der Waals surface area (Å²) in [5.74, 6) is -0.230. The molecule has 0 amide bonds. The van der Waals surface area contributed by atoms with Gasteiger partial charge in [0.05, 0.1) is 5.56 Å². The molecule has 3 aromatic heterocycles. The van der Waals surface area contributed by atoms with Crippen molar-refractivity contribution < 1.29 is 14.4 Å². The van der Waals surface area contributed by atoms with Gasteiger partial charge in [-0.05, 0) is 81.0 Å². The molecule has 3 heterocycles. The Morgan fingerprint density at radius 2 is 1.50 bits per heavy atom. The van der Waals surface area contributed by atoms with Crippen LogP contribution >= 0.6 is 0 Å². The van der Waals surface area contributed by atoms with Crippen molar-refractivity contribution in [2.45, 2.75) is 102 Å². The number of carbonyl (C=O) groups excluding carboxylic acids is 1. The highest BCUT2D eigenvalue weighted by molar-refractivity contribution is 6.73. The molecular weight excluding hydrogens is 511 g/mol. The van der Waals surface area contributed by atoms with E-state index < -0.39 is 22.2 Å². The molecule has 10 heteroatoms. The molecule has 0 aliphatic carbocycles. The second kappa shape index (κ2) is 10.3. The molecule has 3 rings (SSSR count). The molecule has 0 unspecified atom stereocenters. The Labute approximate surface area is 229 Å². The molecule has 0 spiro atoms. The Bertz CT molecular complexity index is 1280. The van der Waals surface area contributed by atoms with Crippen LogP contribution in [0.15, 0.2) is 37.1 Å². The lowest BCUT2D eigenvalue weighted by atomic mass is 9.84. The third kappa shape index (κ3) is 6.08. The highest BCUT2D eigenvalue weighted by atomic mass is 28.4. The van der Waals surface area contributed by atoms with E-state index in [1.54, 1.807) is 18.3 Å². The SMILES string of the molecule is CC(CCC(C)(C)[Si](C)(C)O)(CCC(C)(C)[Si](C)(C)O)n1cc(C(=O)c2cc(N)ccn2)c2cncnc21. The topological polar surface area (TPSA) is 127 Å². The molecular formula is C28H45N5O3Si2. The Hall–Kier alpha value is -2.41. The Morgan fingerprint density at radius 1 is 0.947 bits per heavy atom. The van der Waals surface area contributed by atoms with E-state index in [1.165, 1.54) is 12.5 Å². The van der Waals surface area contributed by atoms with Crippen molar-refractivity contribution >= 4 is 39.1 Å². The molecule has 0 saturated carbocycles. The van der Waals surface area contributed by atoms with Crippen molar-refractivity contribution in [3.63, 3.8) is 0 Å². The molecule has 0 fully saturated rings. The van der Waals surface area contributed by atoms with E-state index in [9.17, 15) is 14.4 Å². The summed E-state index contributed by atoms with van der Waals surface area (Å²) in [6.07, 6.45) is 9.78. The maximum absolute atomic E-state index is 13.6. The van der Waals surface area contributed by atoms with Crippen LogP contribution in [0, 0.1) is 0 Å². The molecule has 0 aliphatic rings. The van der Waals surface area contributed by atoms with E-state index in [1.807, 2.05) is 32.4 Å². The Balaban J connectivity index is 2.14. The molecule has 0 aromatic carbocycles. The first-order chi connectivity index (χ1) is 17.3. The fourth-order valence-corrected chi connectivity index (χ4v) is 5.88. The van der Waals surface area contributed by atoms with Crippen LogP contribution in [-0.2, 0) is 5.54 Å².